The number of benzene rings is 2. The van der Waals surface area contributed by atoms with Crippen LogP contribution in [0.25, 0.3) is 0 Å². The van der Waals surface area contributed by atoms with Crippen LogP contribution in [-0.4, -0.2) is 41.5 Å². The van der Waals surface area contributed by atoms with Gasteiger partial charge in [-0.15, -0.1) is 0 Å². The van der Waals surface area contributed by atoms with Crippen molar-refractivity contribution >= 4 is 29.3 Å². The summed E-state index contributed by atoms with van der Waals surface area (Å²) < 4.78 is 38.0. The average Bonchev–Trinajstić information content (AvgIpc) is 2.70. The molecule has 0 aromatic heterocycles. The molecule has 11 heteroatoms. The van der Waals surface area contributed by atoms with Gasteiger partial charge < -0.3 is 15.3 Å². The summed E-state index contributed by atoms with van der Waals surface area (Å²) in [7, 11) is 1.30. The number of rotatable bonds is 6. The van der Waals surface area contributed by atoms with Crippen LogP contribution in [0.4, 0.5) is 29.3 Å². The van der Waals surface area contributed by atoms with Gasteiger partial charge in [0.05, 0.1) is 16.8 Å². The largest absolute Gasteiger partial charge is 0.465 e. The van der Waals surface area contributed by atoms with E-state index >= 15 is 0 Å². The van der Waals surface area contributed by atoms with E-state index in [-0.39, 0.29) is 18.5 Å². The lowest BCUT2D eigenvalue weighted by Crippen LogP contribution is -2.43. The van der Waals surface area contributed by atoms with Crippen molar-refractivity contribution in [3.8, 4) is 0 Å². The van der Waals surface area contributed by atoms with Crippen LogP contribution in [-0.2, 0) is 11.0 Å². The van der Waals surface area contributed by atoms with Crippen LogP contribution in [0, 0.1) is 0 Å². The van der Waals surface area contributed by atoms with Crippen molar-refractivity contribution in [2.45, 2.75) is 12.6 Å². The molecule has 0 saturated heterocycles. The molecule has 30 heavy (non-hydrogen) atoms. The molecule has 0 atom stereocenters. The number of para-hydroxylation sites is 1. The molecule has 0 bridgehead atoms. The van der Waals surface area contributed by atoms with Gasteiger partial charge in [-0.3, -0.25) is 20.4 Å². The Morgan fingerprint density at radius 2 is 1.63 bits per heavy atom. The second-order valence-corrected chi connectivity index (χ2v) is 6.20. The van der Waals surface area contributed by atoms with Crippen molar-refractivity contribution in [3.63, 3.8) is 0 Å². The number of carbonyl (C=O) groups excluding carboxylic acids is 2. The van der Waals surface area contributed by atoms with Crippen LogP contribution in [0.3, 0.4) is 0 Å². The number of hydrazine groups is 1. The van der Waals surface area contributed by atoms with Crippen molar-refractivity contribution in [3.05, 3.63) is 59.7 Å². The van der Waals surface area contributed by atoms with Gasteiger partial charge in [0.2, 0.25) is 5.91 Å². The Labute approximate surface area is 169 Å². The van der Waals surface area contributed by atoms with Crippen molar-refractivity contribution in [2.24, 2.45) is 0 Å². The summed E-state index contributed by atoms with van der Waals surface area (Å²) in [5.41, 5.74) is 4.39. The van der Waals surface area contributed by atoms with E-state index in [0.29, 0.717) is 11.4 Å². The molecule has 2 aromatic carbocycles. The Morgan fingerprint density at radius 1 is 1.00 bits per heavy atom. The first-order valence-electron chi connectivity index (χ1n) is 8.64. The van der Waals surface area contributed by atoms with Gasteiger partial charge in [-0.1, -0.05) is 12.1 Å². The maximum absolute atomic E-state index is 12.7. The van der Waals surface area contributed by atoms with Crippen LogP contribution in [0.2, 0.25) is 0 Å². The van der Waals surface area contributed by atoms with E-state index in [1.54, 1.807) is 18.2 Å². The normalized spacial score (nSPS) is 10.8. The third kappa shape index (κ3) is 6.40. The zero-order chi connectivity index (χ0) is 22.3. The number of carboxylic acid groups (broad SMARTS) is 1. The zero-order valence-corrected chi connectivity index (χ0v) is 15.8. The summed E-state index contributed by atoms with van der Waals surface area (Å²) >= 11 is 0. The maximum atomic E-state index is 12.7. The minimum atomic E-state index is -4.45. The van der Waals surface area contributed by atoms with Gasteiger partial charge in [0.1, 0.15) is 0 Å². The maximum Gasteiger partial charge on any atom is 0.416 e. The molecule has 0 heterocycles. The zero-order valence-electron chi connectivity index (χ0n) is 15.8. The molecule has 8 nitrogen and oxygen atoms in total. The van der Waals surface area contributed by atoms with Gasteiger partial charge in [0.25, 0.3) is 5.91 Å². The van der Waals surface area contributed by atoms with Crippen molar-refractivity contribution in [2.75, 3.05) is 18.9 Å². The number of amides is 3. The first kappa shape index (κ1) is 22.5. The SMILES string of the molecule is CN(CCC(=O)NNC(=O)c1ccccc1Nc1ccc(C(F)(F)F)cc1)C(=O)O. The van der Waals surface area contributed by atoms with Gasteiger partial charge >= 0.3 is 12.3 Å². The fourth-order valence-electron chi connectivity index (χ4n) is 2.31. The molecule has 0 aliphatic heterocycles. The molecule has 0 aliphatic carbocycles. The fraction of sp³-hybridized carbons (Fsp3) is 0.211. The summed E-state index contributed by atoms with van der Waals surface area (Å²) in [5, 5.41) is 11.6. The molecular formula is C19H19F3N4O4. The van der Waals surface area contributed by atoms with E-state index in [4.69, 9.17) is 5.11 Å². The molecule has 160 valence electrons. The van der Waals surface area contributed by atoms with Crippen LogP contribution in [0.15, 0.2) is 48.5 Å². The lowest BCUT2D eigenvalue weighted by molar-refractivity contribution is -0.137. The molecule has 2 rings (SSSR count). The Morgan fingerprint density at radius 3 is 2.23 bits per heavy atom. The van der Waals surface area contributed by atoms with E-state index in [2.05, 4.69) is 16.2 Å². The average molecular weight is 424 g/mol. The Balaban J connectivity index is 1.99. The minimum Gasteiger partial charge on any atom is -0.465 e. The summed E-state index contributed by atoms with van der Waals surface area (Å²) in [6.07, 6.45) is -5.79. The smallest absolute Gasteiger partial charge is 0.416 e. The van der Waals surface area contributed by atoms with Crippen molar-refractivity contribution in [1.29, 1.82) is 0 Å². The summed E-state index contributed by atoms with van der Waals surface area (Å²) in [4.78, 5) is 35.7. The number of carbonyl (C=O) groups is 3. The number of hydrogen-bond donors (Lipinski definition) is 4. The van der Waals surface area contributed by atoms with E-state index in [1.807, 2.05) is 0 Å². The highest BCUT2D eigenvalue weighted by Crippen LogP contribution is 2.30. The summed E-state index contributed by atoms with van der Waals surface area (Å²) in [5.74, 6) is -1.26. The molecule has 4 N–H and O–H groups in total. The Kier molecular flexibility index (Phi) is 7.23. The highest BCUT2D eigenvalue weighted by atomic mass is 19.4. The van der Waals surface area contributed by atoms with Gasteiger partial charge in [0.15, 0.2) is 0 Å². The van der Waals surface area contributed by atoms with Gasteiger partial charge in [-0.2, -0.15) is 13.2 Å². The molecule has 0 unspecified atom stereocenters. The Bertz CT molecular complexity index is 917. The van der Waals surface area contributed by atoms with E-state index in [1.165, 1.54) is 25.2 Å². The van der Waals surface area contributed by atoms with Crippen molar-refractivity contribution < 1.29 is 32.7 Å². The monoisotopic (exact) mass is 424 g/mol. The summed E-state index contributed by atoms with van der Waals surface area (Å²) in [6, 6.07) is 10.5. The number of nitrogens with zero attached hydrogens (tertiary/aromatic N) is 1. The molecule has 0 fully saturated rings. The van der Waals surface area contributed by atoms with Gasteiger partial charge in [-0.25, -0.2) is 4.79 Å². The molecular weight excluding hydrogens is 405 g/mol. The number of alkyl halides is 3. The van der Waals surface area contributed by atoms with Crippen LogP contribution < -0.4 is 16.2 Å². The second-order valence-electron chi connectivity index (χ2n) is 6.20. The fourth-order valence-corrected chi connectivity index (χ4v) is 2.31. The number of anilines is 2. The first-order chi connectivity index (χ1) is 14.1. The lowest BCUT2D eigenvalue weighted by atomic mass is 10.1. The first-order valence-corrected chi connectivity index (χ1v) is 8.64. The molecule has 0 spiro atoms. The highest BCUT2D eigenvalue weighted by molar-refractivity contribution is 6.01. The van der Waals surface area contributed by atoms with Crippen LogP contribution in [0.1, 0.15) is 22.3 Å². The van der Waals surface area contributed by atoms with Crippen molar-refractivity contribution in [1.82, 2.24) is 15.8 Å². The molecule has 0 radical (unpaired) electrons. The number of halogens is 3. The van der Waals surface area contributed by atoms with Gasteiger partial charge in [0, 0.05) is 25.7 Å². The standard InChI is InChI=1S/C19H19F3N4O4/c1-26(18(29)30)11-10-16(27)24-25-17(28)14-4-2-3-5-15(14)23-13-8-6-12(7-9-13)19(20,21)22/h2-9,23H,10-11H2,1H3,(H,24,27)(H,25,28)(H,29,30). The number of hydrogen-bond acceptors (Lipinski definition) is 4. The quantitative estimate of drug-likeness (QED) is 0.533. The highest BCUT2D eigenvalue weighted by Gasteiger charge is 2.30. The van der Waals surface area contributed by atoms with E-state index < -0.39 is 29.6 Å². The van der Waals surface area contributed by atoms with E-state index in [0.717, 1.165) is 17.0 Å². The second kappa shape index (κ2) is 9.63. The van der Waals surface area contributed by atoms with E-state index in [9.17, 15) is 27.6 Å². The van der Waals surface area contributed by atoms with Crippen LogP contribution in [0.5, 0.6) is 0 Å². The predicted octanol–water partition coefficient (Wildman–Crippen LogP) is 3.21. The third-order valence-corrected chi connectivity index (χ3v) is 3.98. The topological polar surface area (TPSA) is 111 Å². The Hall–Kier alpha value is -3.76. The third-order valence-electron chi connectivity index (χ3n) is 3.98. The molecule has 0 saturated carbocycles. The minimum absolute atomic E-state index is 0.0525. The molecule has 0 aliphatic rings. The number of nitrogens with one attached hydrogen (secondary N) is 3. The predicted molar refractivity (Wildman–Crippen MR) is 102 cm³/mol. The summed E-state index contributed by atoms with van der Waals surface area (Å²) in [6.45, 7) is -0.0525. The lowest BCUT2D eigenvalue weighted by Gasteiger charge is -2.15. The molecule has 2 aromatic rings. The van der Waals surface area contributed by atoms with Gasteiger partial charge in [-0.05, 0) is 36.4 Å². The van der Waals surface area contributed by atoms with Crippen LogP contribution >= 0.6 is 0 Å². The molecule has 3 amide bonds.